The van der Waals surface area contributed by atoms with Gasteiger partial charge in [0, 0.05) is 26.3 Å². The van der Waals surface area contributed by atoms with Crippen molar-refractivity contribution in [3.63, 3.8) is 0 Å². The lowest BCUT2D eigenvalue weighted by molar-refractivity contribution is -0.0894. The van der Waals surface area contributed by atoms with Crippen molar-refractivity contribution in [1.82, 2.24) is 15.1 Å². The summed E-state index contributed by atoms with van der Waals surface area (Å²) < 4.78 is 11.5. The molecule has 138 valence electrons. The number of nitrogens with one attached hydrogen (secondary N) is 1. The Balaban J connectivity index is 1.57. The zero-order valence-electron chi connectivity index (χ0n) is 15.3. The average molecular weight is 355 g/mol. The molecule has 1 aromatic carbocycles. The highest BCUT2D eigenvalue weighted by Gasteiger charge is 2.52. The molecule has 1 saturated carbocycles. The average Bonchev–Trinajstić information content (AvgIpc) is 3.33. The van der Waals surface area contributed by atoms with Crippen LogP contribution < -0.4 is 0 Å². The minimum atomic E-state index is -0.243. The first-order chi connectivity index (χ1) is 12.7. The van der Waals surface area contributed by atoms with Crippen molar-refractivity contribution in [3.05, 3.63) is 42.1 Å². The lowest BCUT2D eigenvalue weighted by Gasteiger charge is -2.43. The van der Waals surface area contributed by atoms with Gasteiger partial charge in [0.05, 0.1) is 23.4 Å². The van der Waals surface area contributed by atoms with Crippen molar-refractivity contribution in [1.29, 1.82) is 0 Å². The predicted octanol–water partition coefficient (Wildman–Crippen LogP) is 2.88. The van der Waals surface area contributed by atoms with Crippen LogP contribution in [0.15, 0.2) is 36.4 Å². The van der Waals surface area contributed by atoms with Crippen LogP contribution in [0.4, 0.5) is 0 Å². The van der Waals surface area contributed by atoms with E-state index in [4.69, 9.17) is 9.47 Å². The Bertz CT molecular complexity index is 776. The summed E-state index contributed by atoms with van der Waals surface area (Å²) >= 11 is 0. The Hall–Kier alpha value is -2.18. The van der Waals surface area contributed by atoms with E-state index in [1.807, 2.05) is 41.3 Å². The largest absolute Gasteiger partial charge is 0.381 e. The molecule has 1 saturated heterocycles. The summed E-state index contributed by atoms with van der Waals surface area (Å²) in [7, 11) is 3.50. The minimum absolute atomic E-state index is 0.0136. The molecule has 6 nitrogen and oxygen atoms in total. The molecule has 4 rings (SSSR count). The summed E-state index contributed by atoms with van der Waals surface area (Å²) in [5.74, 6) is -0.0136. The van der Waals surface area contributed by atoms with E-state index in [0.717, 1.165) is 36.9 Å². The minimum Gasteiger partial charge on any atom is -0.381 e. The number of rotatable bonds is 4. The lowest BCUT2D eigenvalue weighted by atomic mass is 9.79. The van der Waals surface area contributed by atoms with Crippen LogP contribution >= 0.6 is 0 Å². The fraction of sp³-hybridized carbons (Fsp3) is 0.500. The summed E-state index contributed by atoms with van der Waals surface area (Å²) in [5, 5.41) is 7.24. The van der Waals surface area contributed by atoms with Gasteiger partial charge >= 0.3 is 0 Å². The van der Waals surface area contributed by atoms with Crippen molar-refractivity contribution in [2.24, 2.45) is 0 Å². The molecule has 3 atom stereocenters. The first kappa shape index (κ1) is 17.2. The second-order valence-electron chi connectivity index (χ2n) is 7.20. The molecule has 2 aromatic rings. The van der Waals surface area contributed by atoms with Gasteiger partial charge in [0.25, 0.3) is 5.91 Å². The van der Waals surface area contributed by atoms with Crippen molar-refractivity contribution in [2.45, 2.75) is 43.4 Å². The highest BCUT2D eigenvalue weighted by atomic mass is 16.5. The van der Waals surface area contributed by atoms with Crippen LogP contribution in [0.3, 0.4) is 0 Å². The number of benzene rings is 1. The summed E-state index contributed by atoms with van der Waals surface area (Å²) in [6.45, 7) is 0.702. The Morgan fingerprint density at radius 1 is 1.27 bits per heavy atom. The number of hydrogen-bond acceptors (Lipinski definition) is 4. The molecule has 1 aliphatic heterocycles. The van der Waals surface area contributed by atoms with Gasteiger partial charge in [-0.05, 0) is 31.7 Å². The molecule has 0 radical (unpaired) electrons. The maximum absolute atomic E-state index is 13.2. The standard InChI is InChI=1S/C20H25N3O3/c1-25-15-8-9-20(26-2)10-11-23(18(20)12-15)19(24)17-13-16(21-22-17)14-6-4-3-5-7-14/h3-7,13,15,18H,8-12H2,1-2H3,(H,21,22)/t15?,18?,20-/m1/s1. The van der Waals surface area contributed by atoms with Gasteiger partial charge in [-0.15, -0.1) is 0 Å². The third-order valence-electron chi connectivity index (χ3n) is 6.01. The Morgan fingerprint density at radius 3 is 2.81 bits per heavy atom. The molecule has 6 heteroatoms. The van der Waals surface area contributed by atoms with E-state index in [1.54, 1.807) is 14.2 Å². The second kappa shape index (κ2) is 6.85. The quantitative estimate of drug-likeness (QED) is 0.916. The van der Waals surface area contributed by atoms with Gasteiger partial charge in [0.1, 0.15) is 5.69 Å². The van der Waals surface area contributed by atoms with Crippen molar-refractivity contribution in [2.75, 3.05) is 20.8 Å². The molecule has 2 unspecified atom stereocenters. The highest BCUT2D eigenvalue weighted by molar-refractivity contribution is 5.94. The fourth-order valence-corrected chi connectivity index (χ4v) is 4.46. The number of likely N-dealkylation sites (tertiary alicyclic amines) is 1. The van der Waals surface area contributed by atoms with Crippen molar-refractivity contribution >= 4 is 5.91 Å². The van der Waals surface area contributed by atoms with Gasteiger partial charge < -0.3 is 14.4 Å². The van der Waals surface area contributed by atoms with Crippen molar-refractivity contribution in [3.8, 4) is 11.3 Å². The van der Waals surface area contributed by atoms with Crippen LogP contribution in [0.5, 0.6) is 0 Å². The highest BCUT2D eigenvalue weighted by Crippen LogP contribution is 2.43. The van der Waals surface area contributed by atoms with Crippen LogP contribution in [0.25, 0.3) is 11.3 Å². The van der Waals surface area contributed by atoms with E-state index in [1.165, 1.54) is 0 Å². The van der Waals surface area contributed by atoms with Crippen LogP contribution in [-0.4, -0.2) is 59.5 Å². The Morgan fingerprint density at radius 2 is 2.08 bits per heavy atom. The number of amides is 1. The smallest absolute Gasteiger partial charge is 0.272 e. The zero-order valence-corrected chi connectivity index (χ0v) is 15.3. The lowest BCUT2D eigenvalue weighted by Crippen LogP contribution is -2.53. The third-order valence-corrected chi connectivity index (χ3v) is 6.01. The normalized spacial score (nSPS) is 28.2. The number of carbonyl (C=O) groups is 1. The van der Waals surface area contributed by atoms with E-state index < -0.39 is 0 Å². The van der Waals surface area contributed by atoms with Gasteiger partial charge in [-0.25, -0.2) is 0 Å². The van der Waals surface area contributed by atoms with E-state index in [2.05, 4.69) is 10.2 Å². The SMILES string of the molecule is COC1CC[C@@]2(OC)CCN(C(=O)c3cc(-c4ccccc4)n[nH]3)C2C1. The molecule has 1 aromatic heterocycles. The monoisotopic (exact) mass is 355 g/mol. The molecular weight excluding hydrogens is 330 g/mol. The summed E-state index contributed by atoms with van der Waals surface area (Å²) in [4.78, 5) is 15.1. The maximum atomic E-state index is 13.2. The molecule has 26 heavy (non-hydrogen) atoms. The van der Waals surface area contributed by atoms with Crippen LogP contribution in [0.1, 0.15) is 36.2 Å². The molecular formula is C20H25N3O3. The van der Waals surface area contributed by atoms with Gasteiger partial charge in [0.2, 0.25) is 0 Å². The van der Waals surface area contributed by atoms with Crippen molar-refractivity contribution < 1.29 is 14.3 Å². The summed E-state index contributed by atoms with van der Waals surface area (Å²) in [5.41, 5.74) is 2.06. The van der Waals surface area contributed by atoms with Gasteiger partial charge in [-0.1, -0.05) is 30.3 Å². The van der Waals surface area contributed by atoms with Crippen LogP contribution in [0, 0.1) is 0 Å². The fourth-order valence-electron chi connectivity index (χ4n) is 4.46. The Labute approximate surface area is 153 Å². The molecule has 2 aliphatic rings. The van der Waals surface area contributed by atoms with Crippen LogP contribution in [-0.2, 0) is 9.47 Å². The molecule has 1 aliphatic carbocycles. The van der Waals surface area contributed by atoms with E-state index in [0.29, 0.717) is 12.2 Å². The third kappa shape index (κ3) is 2.83. The molecule has 0 bridgehead atoms. The number of ether oxygens (including phenoxy) is 2. The first-order valence-electron chi connectivity index (χ1n) is 9.16. The summed E-state index contributed by atoms with van der Waals surface area (Å²) in [6, 6.07) is 11.7. The molecule has 0 spiro atoms. The van der Waals surface area contributed by atoms with E-state index in [-0.39, 0.29) is 23.7 Å². The second-order valence-corrected chi connectivity index (χ2v) is 7.20. The number of aromatic amines is 1. The first-order valence-corrected chi connectivity index (χ1v) is 9.16. The number of hydrogen-bond donors (Lipinski definition) is 1. The van der Waals surface area contributed by atoms with Gasteiger partial charge in [-0.3, -0.25) is 9.89 Å². The predicted molar refractivity (Wildman–Crippen MR) is 97.9 cm³/mol. The number of nitrogens with zero attached hydrogens (tertiary/aromatic N) is 2. The Kier molecular flexibility index (Phi) is 4.54. The van der Waals surface area contributed by atoms with E-state index in [9.17, 15) is 4.79 Å². The number of H-pyrrole nitrogens is 1. The number of fused-ring (bicyclic) bond motifs is 1. The molecule has 2 fully saturated rings. The number of carbonyl (C=O) groups excluding carboxylic acids is 1. The number of methoxy groups -OCH3 is 2. The van der Waals surface area contributed by atoms with E-state index >= 15 is 0 Å². The molecule has 1 amide bonds. The topological polar surface area (TPSA) is 67.5 Å². The van der Waals surface area contributed by atoms with Gasteiger partial charge in [-0.2, -0.15) is 5.10 Å². The maximum Gasteiger partial charge on any atom is 0.272 e. The van der Waals surface area contributed by atoms with Gasteiger partial charge in [0.15, 0.2) is 0 Å². The zero-order chi connectivity index (χ0) is 18.1. The van der Waals surface area contributed by atoms with Crippen LogP contribution in [0.2, 0.25) is 0 Å². The molecule has 2 heterocycles. The number of aromatic nitrogens is 2. The summed E-state index contributed by atoms with van der Waals surface area (Å²) in [6.07, 6.45) is 3.77. The molecule has 1 N–H and O–H groups in total.